The zero-order valence-electron chi connectivity index (χ0n) is 13.7. The maximum absolute atomic E-state index is 13.1. The van der Waals surface area contributed by atoms with Crippen molar-refractivity contribution in [3.63, 3.8) is 0 Å². The number of carbonyl (C=O) groups is 1. The minimum Gasteiger partial charge on any atom is -0.308 e. The van der Waals surface area contributed by atoms with E-state index >= 15 is 0 Å². The monoisotopic (exact) mass is 316 g/mol. The normalized spacial score (nSPS) is 10.4. The summed E-state index contributed by atoms with van der Waals surface area (Å²) >= 11 is 0. The molecule has 0 atom stereocenters. The van der Waals surface area contributed by atoms with Crippen molar-refractivity contribution in [2.24, 2.45) is 0 Å². The summed E-state index contributed by atoms with van der Waals surface area (Å²) in [7, 11) is 0. The molecule has 24 heavy (non-hydrogen) atoms. The largest absolute Gasteiger partial charge is 0.308 e. The van der Waals surface area contributed by atoms with E-state index in [0.29, 0.717) is 12.1 Å². The summed E-state index contributed by atoms with van der Waals surface area (Å²) in [6.45, 7) is 2.55. The third-order valence-electron chi connectivity index (χ3n) is 4.03. The van der Waals surface area contributed by atoms with Gasteiger partial charge in [-0.15, -0.1) is 0 Å². The summed E-state index contributed by atoms with van der Waals surface area (Å²) in [6, 6.07) is 21.8. The number of hydrogen-bond donors (Lipinski definition) is 0. The summed E-state index contributed by atoms with van der Waals surface area (Å²) in [5, 5.41) is 0. The molecule has 0 saturated carbocycles. The molecule has 0 fully saturated rings. The van der Waals surface area contributed by atoms with Crippen LogP contribution >= 0.6 is 0 Å². The molecule has 0 aliphatic rings. The van der Waals surface area contributed by atoms with E-state index in [1.807, 2.05) is 60.4 Å². The highest BCUT2D eigenvalue weighted by molar-refractivity contribution is 6.06. The number of hydrogen-bond acceptors (Lipinski definition) is 2. The van der Waals surface area contributed by atoms with E-state index in [1.54, 1.807) is 18.5 Å². The highest BCUT2D eigenvalue weighted by Gasteiger charge is 2.19. The van der Waals surface area contributed by atoms with E-state index in [9.17, 15) is 4.79 Å². The van der Waals surface area contributed by atoms with E-state index in [-0.39, 0.29) is 5.91 Å². The molecule has 0 N–H and O–H groups in total. The van der Waals surface area contributed by atoms with Crippen LogP contribution < -0.4 is 4.90 Å². The predicted molar refractivity (Wildman–Crippen MR) is 97.2 cm³/mol. The molecule has 1 heterocycles. The minimum absolute atomic E-state index is 0.0111. The topological polar surface area (TPSA) is 33.2 Å². The summed E-state index contributed by atoms with van der Waals surface area (Å²) in [4.78, 5) is 19.0. The van der Waals surface area contributed by atoms with Crippen molar-refractivity contribution in [1.29, 1.82) is 0 Å². The third-order valence-corrected chi connectivity index (χ3v) is 4.03. The maximum atomic E-state index is 13.1. The van der Waals surface area contributed by atoms with Crippen molar-refractivity contribution in [2.45, 2.75) is 13.3 Å². The number of anilines is 1. The molecular formula is C21H20N2O. The highest BCUT2D eigenvalue weighted by Crippen LogP contribution is 2.19. The SMILES string of the molecule is Cc1cnccc1C(=O)N(CCc1ccccc1)c1ccccc1. The predicted octanol–water partition coefficient (Wildman–Crippen LogP) is 4.28. The fourth-order valence-corrected chi connectivity index (χ4v) is 2.70. The first-order chi connectivity index (χ1) is 11.8. The number of aryl methyl sites for hydroxylation is 1. The lowest BCUT2D eigenvalue weighted by Gasteiger charge is -2.23. The summed E-state index contributed by atoms with van der Waals surface area (Å²) < 4.78 is 0. The Hall–Kier alpha value is -2.94. The van der Waals surface area contributed by atoms with Crippen molar-refractivity contribution < 1.29 is 4.79 Å². The van der Waals surface area contributed by atoms with Gasteiger partial charge in [-0.3, -0.25) is 9.78 Å². The van der Waals surface area contributed by atoms with Crippen LogP contribution in [0.5, 0.6) is 0 Å². The molecule has 120 valence electrons. The van der Waals surface area contributed by atoms with Crippen LogP contribution in [0.1, 0.15) is 21.5 Å². The lowest BCUT2D eigenvalue weighted by atomic mass is 10.1. The molecule has 1 aromatic heterocycles. The Bertz CT molecular complexity index is 800. The molecule has 3 nitrogen and oxygen atoms in total. The number of pyridine rings is 1. The van der Waals surface area contributed by atoms with Crippen molar-refractivity contribution in [1.82, 2.24) is 4.98 Å². The van der Waals surface area contributed by atoms with E-state index in [1.165, 1.54) is 5.56 Å². The second kappa shape index (κ2) is 7.55. The van der Waals surface area contributed by atoms with Crippen molar-refractivity contribution in [3.8, 4) is 0 Å². The van der Waals surface area contributed by atoms with E-state index < -0.39 is 0 Å². The van der Waals surface area contributed by atoms with Gasteiger partial charge in [0, 0.05) is 30.2 Å². The lowest BCUT2D eigenvalue weighted by molar-refractivity contribution is 0.0986. The second-order valence-electron chi connectivity index (χ2n) is 5.72. The average molecular weight is 316 g/mol. The van der Waals surface area contributed by atoms with Crippen LogP contribution in [0.15, 0.2) is 79.1 Å². The van der Waals surface area contributed by atoms with Crippen molar-refractivity contribution >= 4 is 11.6 Å². The van der Waals surface area contributed by atoms with Gasteiger partial charge in [0.2, 0.25) is 0 Å². The Kier molecular flexibility index (Phi) is 5.02. The zero-order chi connectivity index (χ0) is 16.8. The molecule has 1 amide bonds. The van der Waals surface area contributed by atoms with E-state index in [2.05, 4.69) is 17.1 Å². The Morgan fingerprint density at radius 1 is 0.958 bits per heavy atom. The highest BCUT2D eigenvalue weighted by atomic mass is 16.2. The van der Waals surface area contributed by atoms with Gasteiger partial charge in [-0.25, -0.2) is 0 Å². The Morgan fingerprint density at radius 3 is 2.29 bits per heavy atom. The molecule has 3 aromatic rings. The number of nitrogens with zero attached hydrogens (tertiary/aromatic N) is 2. The molecule has 2 aromatic carbocycles. The Balaban J connectivity index is 1.88. The van der Waals surface area contributed by atoms with Crippen molar-refractivity contribution in [2.75, 3.05) is 11.4 Å². The van der Waals surface area contributed by atoms with Crippen LogP contribution in [0.4, 0.5) is 5.69 Å². The minimum atomic E-state index is 0.0111. The van der Waals surface area contributed by atoms with Gasteiger partial charge in [0.25, 0.3) is 5.91 Å². The number of carbonyl (C=O) groups excluding carboxylic acids is 1. The molecule has 3 heteroatoms. The zero-order valence-corrected chi connectivity index (χ0v) is 13.7. The average Bonchev–Trinajstić information content (AvgIpc) is 2.64. The molecule has 0 unspecified atom stereocenters. The lowest BCUT2D eigenvalue weighted by Crippen LogP contribution is -2.33. The maximum Gasteiger partial charge on any atom is 0.258 e. The van der Waals surface area contributed by atoms with Gasteiger partial charge in [0.1, 0.15) is 0 Å². The van der Waals surface area contributed by atoms with Crippen LogP contribution in [0.25, 0.3) is 0 Å². The molecule has 0 bridgehead atoms. The molecule has 3 rings (SSSR count). The first kappa shape index (κ1) is 15.9. The van der Waals surface area contributed by atoms with Gasteiger partial charge in [-0.05, 0) is 42.7 Å². The number of rotatable bonds is 5. The Morgan fingerprint density at radius 2 is 1.62 bits per heavy atom. The summed E-state index contributed by atoms with van der Waals surface area (Å²) in [5.74, 6) is 0.0111. The smallest absolute Gasteiger partial charge is 0.258 e. The summed E-state index contributed by atoms with van der Waals surface area (Å²) in [5.41, 5.74) is 3.72. The Labute approximate surface area is 142 Å². The van der Waals surface area contributed by atoms with Gasteiger partial charge in [0.05, 0.1) is 0 Å². The van der Waals surface area contributed by atoms with Crippen LogP contribution in [0, 0.1) is 6.92 Å². The van der Waals surface area contributed by atoms with Crippen LogP contribution in [-0.2, 0) is 6.42 Å². The van der Waals surface area contributed by atoms with Gasteiger partial charge >= 0.3 is 0 Å². The van der Waals surface area contributed by atoms with Gasteiger partial charge in [-0.2, -0.15) is 0 Å². The fourth-order valence-electron chi connectivity index (χ4n) is 2.70. The van der Waals surface area contributed by atoms with Crippen molar-refractivity contribution in [3.05, 3.63) is 95.8 Å². The second-order valence-corrected chi connectivity index (χ2v) is 5.72. The van der Waals surface area contributed by atoms with Crippen LogP contribution in [0.3, 0.4) is 0 Å². The number of aromatic nitrogens is 1. The molecule has 0 radical (unpaired) electrons. The molecule has 0 aliphatic carbocycles. The standard InChI is InChI=1S/C21H20N2O/c1-17-16-22-14-12-20(17)21(24)23(19-10-6-3-7-11-19)15-13-18-8-4-2-5-9-18/h2-12,14,16H,13,15H2,1H3. The first-order valence-electron chi connectivity index (χ1n) is 8.07. The molecular weight excluding hydrogens is 296 g/mol. The van der Waals surface area contributed by atoms with E-state index in [4.69, 9.17) is 0 Å². The number of amides is 1. The molecule has 0 saturated heterocycles. The van der Waals surface area contributed by atoms with Gasteiger partial charge < -0.3 is 4.90 Å². The van der Waals surface area contributed by atoms with Gasteiger partial charge in [-0.1, -0.05) is 48.5 Å². The fraction of sp³-hybridized carbons (Fsp3) is 0.143. The van der Waals surface area contributed by atoms with Gasteiger partial charge in [0.15, 0.2) is 0 Å². The third kappa shape index (κ3) is 3.69. The first-order valence-corrected chi connectivity index (χ1v) is 8.07. The number of benzene rings is 2. The van der Waals surface area contributed by atoms with Crippen LogP contribution in [-0.4, -0.2) is 17.4 Å². The quantitative estimate of drug-likeness (QED) is 0.704. The molecule has 0 spiro atoms. The van der Waals surface area contributed by atoms with Crippen LogP contribution in [0.2, 0.25) is 0 Å². The van der Waals surface area contributed by atoms with E-state index in [0.717, 1.165) is 17.7 Å². The number of para-hydroxylation sites is 1. The molecule has 0 aliphatic heterocycles. The summed E-state index contributed by atoms with van der Waals surface area (Å²) in [6.07, 6.45) is 4.21.